The van der Waals surface area contributed by atoms with E-state index in [2.05, 4.69) is 32.5 Å². The molecule has 0 bridgehead atoms. The Morgan fingerprint density at radius 2 is 1.96 bits per heavy atom. The van der Waals surface area contributed by atoms with E-state index in [0.717, 1.165) is 50.7 Å². The Balaban J connectivity index is 1.53. The molecular formula is C21H17N5OS. The number of hydrogen-bond acceptors (Lipinski definition) is 6. The summed E-state index contributed by atoms with van der Waals surface area (Å²) in [6, 6.07) is 14.3. The number of aryl methyl sites for hydroxylation is 1. The van der Waals surface area contributed by atoms with Crippen LogP contribution in [0.25, 0.3) is 27.1 Å². The zero-order chi connectivity index (χ0) is 19.1. The first-order valence-electron chi connectivity index (χ1n) is 8.89. The second-order valence-corrected chi connectivity index (χ2v) is 7.45. The topological polar surface area (TPSA) is 65.2 Å². The lowest BCUT2D eigenvalue weighted by atomic mass is 10.1. The molecule has 6 nitrogen and oxygen atoms in total. The van der Waals surface area contributed by atoms with E-state index in [1.807, 2.05) is 41.9 Å². The van der Waals surface area contributed by atoms with Crippen molar-refractivity contribution in [2.45, 2.75) is 13.3 Å². The highest BCUT2D eigenvalue weighted by Crippen LogP contribution is 2.24. The molecule has 1 aromatic carbocycles. The van der Waals surface area contributed by atoms with Crippen LogP contribution in [0.15, 0.2) is 54.9 Å². The molecule has 5 aromatic rings. The molecule has 5 rings (SSSR count). The van der Waals surface area contributed by atoms with E-state index in [1.54, 1.807) is 13.3 Å². The van der Waals surface area contributed by atoms with Crippen LogP contribution in [-0.4, -0.2) is 31.1 Å². The number of aromatic nitrogens is 5. The summed E-state index contributed by atoms with van der Waals surface area (Å²) < 4.78 is 11.6. The van der Waals surface area contributed by atoms with Gasteiger partial charge >= 0.3 is 0 Å². The minimum Gasteiger partial charge on any atom is -0.495 e. The maximum atomic E-state index is 5.29. The lowest BCUT2D eigenvalue weighted by molar-refractivity contribution is 0.414. The largest absolute Gasteiger partial charge is 0.495 e. The quantitative estimate of drug-likeness (QED) is 0.460. The molecule has 138 valence electrons. The molecular weight excluding hydrogens is 370 g/mol. The van der Waals surface area contributed by atoms with E-state index < -0.39 is 0 Å². The number of ether oxygens (including phenoxy) is 1. The van der Waals surface area contributed by atoms with Crippen LogP contribution in [0.4, 0.5) is 0 Å². The molecule has 0 aliphatic heterocycles. The van der Waals surface area contributed by atoms with Gasteiger partial charge < -0.3 is 4.74 Å². The van der Waals surface area contributed by atoms with Crippen molar-refractivity contribution in [3.8, 4) is 16.3 Å². The van der Waals surface area contributed by atoms with Crippen molar-refractivity contribution in [2.75, 3.05) is 7.11 Å². The fraction of sp³-hybridized carbons (Fsp3) is 0.143. The molecule has 0 fully saturated rings. The molecule has 0 amide bonds. The predicted octanol–water partition coefficient (Wildman–Crippen LogP) is 4.31. The summed E-state index contributed by atoms with van der Waals surface area (Å²) in [6.07, 6.45) is 4.35. The third-order valence-corrected chi connectivity index (χ3v) is 5.56. The van der Waals surface area contributed by atoms with E-state index in [0.29, 0.717) is 0 Å². The first-order chi connectivity index (χ1) is 13.7. The van der Waals surface area contributed by atoms with Gasteiger partial charge in [-0.3, -0.25) is 4.98 Å². The fourth-order valence-corrected chi connectivity index (χ4v) is 3.97. The zero-order valence-electron chi connectivity index (χ0n) is 15.5. The van der Waals surface area contributed by atoms with Crippen LogP contribution in [0.3, 0.4) is 0 Å². The minimum atomic E-state index is 0.729. The van der Waals surface area contributed by atoms with Crippen molar-refractivity contribution in [3.63, 3.8) is 0 Å². The number of benzene rings is 1. The zero-order valence-corrected chi connectivity index (χ0v) is 16.3. The summed E-state index contributed by atoms with van der Waals surface area (Å²) in [7, 11) is 1.65. The summed E-state index contributed by atoms with van der Waals surface area (Å²) in [5, 5.41) is 5.85. The van der Waals surface area contributed by atoms with E-state index >= 15 is 0 Å². The third-order valence-electron chi connectivity index (χ3n) is 4.65. The van der Waals surface area contributed by atoms with Crippen LogP contribution in [0.5, 0.6) is 5.75 Å². The van der Waals surface area contributed by atoms with Gasteiger partial charge in [-0.25, -0.2) is 9.50 Å². The van der Waals surface area contributed by atoms with Crippen molar-refractivity contribution < 1.29 is 4.74 Å². The molecule has 0 spiro atoms. The maximum absolute atomic E-state index is 5.29. The molecule has 0 saturated heterocycles. The molecule has 0 saturated carbocycles. The SMILES string of the molecule is COc1cnc2ccc(Cc3cnc4ccc(-c5cc(C)ns5)nn34)cc2c1. The monoisotopic (exact) mass is 387 g/mol. The first-order valence-corrected chi connectivity index (χ1v) is 9.67. The fourth-order valence-electron chi connectivity index (χ4n) is 3.25. The average Bonchev–Trinajstić information content (AvgIpc) is 3.33. The Morgan fingerprint density at radius 3 is 2.79 bits per heavy atom. The second kappa shape index (κ2) is 6.69. The number of imidazole rings is 1. The molecule has 0 unspecified atom stereocenters. The highest BCUT2D eigenvalue weighted by Gasteiger charge is 2.10. The number of hydrogen-bond donors (Lipinski definition) is 0. The lowest BCUT2D eigenvalue weighted by Crippen LogP contribution is -2.00. The number of methoxy groups -OCH3 is 1. The van der Waals surface area contributed by atoms with Crippen LogP contribution in [0.1, 0.15) is 17.0 Å². The Labute approximate surface area is 165 Å². The van der Waals surface area contributed by atoms with E-state index in [-0.39, 0.29) is 0 Å². The Kier molecular flexibility index (Phi) is 4.02. The molecule has 0 radical (unpaired) electrons. The summed E-state index contributed by atoms with van der Waals surface area (Å²) in [4.78, 5) is 9.99. The van der Waals surface area contributed by atoms with Crippen molar-refractivity contribution in [1.29, 1.82) is 0 Å². The van der Waals surface area contributed by atoms with Gasteiger partial charge in [0.05, 0.1) is 41.3 Å². The predicted molar refractivity (Wildman–Crippen MR) is 110 cm³/mol. The van der Waals surface area contributed by atoms with Gasteiger partial charge in [0.1, 0.15) is 11.4 Å². The van der Waals surface area contributed by atoms with Crippen LogP contribution < -0.4 is 4.74 Å². The van der Waals surface area contributed by atoms with Gasteiger partial charge in [-0.05, 0) is 60.4 Å². The van der Waals surface area contributed by atoms with Gasteiger partial charge in [0.25, 0.3) is 0 Å². The molecule has 0 atom stereocenters. The van der Waals surface area contributed by atoms with Gasteiger partial charge in [0.15, 0.2) is 5.65 Å². The normalized spacial score (nSPS) is 11.4. The highest BCUT2D eigenvalue weighted by molar-refractivity contribution is 7.09. The van der Waals surface area contributed by atoms with Gasteiger partial charge in [0, 0.05) is 11.8 Å². The summed E-state index contributed by atoms with van der Waals surface area (Å²) >= 11 is 1.46. The number of pyridine rings is 1. The van der Waals surface area contributed by atoms with Crippen molar-refractivity contribution in [3.05, 3.63) is 71.8 Å². The van der Waals surface area contributed by atoms with Gasteiger partial charge in [-0.1, -0.05) is 6.07 Å². The van der Waals surface area contributed by atoms with E-state index in [1.165, 1.54) is 17.1 Å². The van der Waals surface area contributed by atoms with Crippen molar-refractivity contribution >= 4 is 28.1 Å². The molecule has 0 aliphatic carbocycles. The second-order valence-electron chi connectivity index (χ2n) is 6.65. The average molecular weight is 387 g/mol. The maximum Gasteiger partial charge on any atom is 0.153 e. The lowest BCUT2D eigenvalue weighted by Gasteiger charge is -2.06. The van der Waals surface area contributed by atoms with Gasteiger partial charge in [-0.2, -0.15) is 9.47 Å². The molecule has 7 heteroatoms. The van der Waals surface area contributed by atoms with Gasteiger partial charge in [0.2, 0.25) is 0 Å². The summed E-state index contributed by atoms with van der Waals surface area (Å²) in [6.45, 7) is 1.99. The van der Waals surface area contributed by atoms with Crippen LogP contribution in [0, 0.1) is 6.92 Å². The first kappa shape index (κ1) is 16.8. The molecule has 0 N–H and O–H groups in total. The van der Waals surface area contributed by atoms with Crippen molar-refractivity contribution in [1.82, 2.24) is 24.0 Å². The van der Waals surface area contributed by atoms with Gasteiger partial charge in [-0.15, -0.1) is 0 Å². The smallest absolute Gasteiger partial charge is 0.153 e. The summed E-state index contributed by atoms with van der Waals surface area (Å²) in [5.41, 5.74) is 5.91. The Bertz CT molecular complexity index is 1310. The Hall–Kier alpha value is -3.32. The number of fused-ring (bicyclic) bond motifs is 2. The van der Waals surface area contributed by atoms with Crippen LogP contribution in [-0.2, 0) is 6.42 Å². The third kappa shape index (κ3) is 2.99. The van der Waals surface area contributed by atoms with E-state index in [9.17, 15) is 0 Å². The standard InChI is InChI=1S/C21H17N5OS/c1-13-7-20(28-25-13)19-5-6-21-23-11-16(26(21)24-19)9-14-3-4-18-15(8-14)10-17(27-2)12-22-18/h3-8,10-12H,9H2,1-2H3. The Morgan fingerprint density at radius 1 is 1.04 bits per heavy atom. The van der Waals surface area contributed by atoms with E-state index in [4.69, 9.17) is 9.84 Å². The number of nitrogens with zero attached hydrogens (tertiary/aromatic N) is 5. The molecule has 4 aromatic heterocycles. The molecule has 0 aliphatic rings. The van der Waals surface area contributed by atoms with Crippen LogP contribution in [0.2, 0.25) is 0 Å². The summed E-state index contributed by atoms with van der Waals surface area (Å²) in [5.74, 6) is 0.755. The van der Waals surface area contributed by atoms with Crippen molar-refractivity contribution in [2.24, 2.45) is 0 Å². The highest BCUT2D eigenvalue weighted by atomic mass is 32.1. The van der Waals surface area contributed by atoms with Crippen LogP contribution >= 0.6 is 11.5 Å². The molecule has 28 heavy (non-hydrogen) atoms. The molecule has 4 heterocycles. The minimum absolute atomic E-state index is 0.729. The number of rotatable bonds is 4.